The summed E-state index contributed by atoms with van der Waals surface area (Å²) in [7, 11) is -3.64. The lowest BCUT2D eigenvalue weighted by Crippen LogP contribution is -2.45. The van der Waals surface area contributed by atoms with Gasteiger partial charge in [0.05, 0.1) is 0 Å². The molecule has 1 N–H and O–H groups in total. The molecular formula is C20H29FN2O3S. The Bertz CT molecular complexity index is 760. The lowest BCUT2D eigenvalue weighted by Gasteiger charge is -2.28. The summed E-state index contributed by atoms with van der Waals surface area (Å²) in [5, 5.41) is 0. The number of hydrogen-bond donors (Lipinski definition) is 1. The van der Waals surface area contributed by atoms with E-state index in [-0.39, 0.29) is 23.8 Å². The van der Waals surface area contributed by atoms with Crippen LogP contribution in [0.1, 0.15) is 51.0 Å². The van der Waals surface area contributed by atoms with Crippen molar-refractivity contribution in [2.75, 3.05) is 12.3 Å². The van der Waals surface area contributed by atoms with Crippen LogP contribution in [0.25, 0.3) is 0 Å². The number of rotatable bonds is 6. The van der Waals surface area contributed by atoms with E-state index < -0.39 is 15.8 Å². The van der Waals surface area contributed by atoms with Crippen LogP contribution in [0, 0.1) is 11.7 Å². The lowest BCUT2D eigenvalue weighted by atomic mass is 9.88. The minimum absolute atomic E-state index is 0.0549. The van der Waals surface area contributed by atoms with E-state index in [1.165, 1.54) is 12.1 Å². The average molecular weight is 397 g/mol. The predicted octanol–water partition coefficient (Wildman–Crippen LogP) is 2.86. The topological polar surface area (TPSA) is 66.5 Å². The lowest BCUT2D eigenvalue weighted by molar-refractivity contribution is -0.129. The average Bonchev–Trinajstić information content (AvgIpc) is 3.04. The number of sulfonamides is 1. The second kappa shape index (κ2) is 8.69. The molecule has 1 aromatic rings. The third-order valence-corrected chi connectivity index (χ3v) is 7.05. The van der Waals surface area contributed by atoms with Gasteiger partial charge in [0.25, 0.3) is 0 Å². The smallest absolute Gasteiger partial charge is 0.239 e. The summed E-state index contributed by atoms with van der Waals surface area (Å²) < 4.78 is 41.0. The van der Waals surface area contributed by atoms with Gasteiger partial charge in [0, 0.05) is 18.6 Å². The number of benzene rings is 1. The van der Waals surface area contributed by atoms with Gasteiger partial charge >= 0.3 is 0 Å². The predicted molar refractivity (Wildman–Crippen MR) is 103 cm³/mol. The summed E-state index contributed by atoms with van der Waals surface area (Å²) in [6.07, 6.45) is 5.92. The Kier molecular flexibility index (Phi) is 6.52. The highest BCUT2D eigenvalue weighted by Gasteiger charge is 2.32. The molecule has 0 aromatic heterocycles. The van der Waals surface area contributed by atoms with Crippen molar-refractivity contribution in [2.24, 2.45) is 5.92 Å². The number of halogens is 1. The molecule has 2 aliphatic rings. The summed E-state index contributed by atoms with van der Waals surface area (Å²) in [5.74, 6) is -0.512. The van der Waals surface area contributed by atoms with Gasteiger partial charge in [-0.15, -0.1) is 0 Å². The van der Waals surface area contributed by atoms with Gasteiger partial charge in [-0.3, -0.25) is 4.79 Å². The molecule has 1 atom stereocenters. The second-order valence-corrected chi connectivity index (χ2v) is 9.80. The first-order valence-corrected chi connectivity index (χ1v) is 11.5. The maximum absolute atomic E-state index is 13.4. The minimum atomic E-state index is -3.64. The van der Waals surface area contributed by atoms with E-state index in [2.05, 4.69) is 11.6 Å². The summed E-state index contributed by atoms with van der Waals surface area (Å²) >= 11 is 0. The van der Waals surface area contributed by atoms with Gasteiger partial charge in [-0.2, -0.15) is 0 Å². The van der Waals surface area contributed by atoms with E-state index >= 15 is 0 Å². The number of amides is 1. The molecule has 1 aliphatic heterocycles. The van der Waals surface area contributed by atoms with Gasteiger partial charge in [0.15, 0.2) is 0 Å². The third-order valence-electron chi connectivity index (χ3n) is 5.73. The Labute approximate surface area is 161 Å². The molecule has 7 heteroatoms. The zero-order valence-electron chi connectivity index (χ0n) is 15.9. The van der Waals surface area contributed by atoms with Crippen LogP contribution in [-0.4, -0.2) is 43.6 Å². The van der Waals surface area contributed by atoms with E-state index in [1.807, 2.05) is 6.07 Å². The Balaban J connectivity index is 1.57. The summed E-state index contributed by atoms with van der Waals surface area (Å²) in [6, 6.07) is 6.25. The van der Waals surface area contributed by atoms with Crippen molar-refractivity contribution in [1.29, 1.82) is 0 Å². The minimum Gasteiger partial charge on any atom is -0.338 e. The summed E-state index contributed by atoms with van der Waals surface area (Å²) in [5.41, 5.74) is 0.831. The molecule has 27 heavy (non-hydrogen) atoms. The zero-order valence-corrected chi connectivity index (χ0v) is 16.7. The van der Waals surface area contributed by atoms with Crippen molar-refractivity contribution in [1.82, 2.24) is 9.62 Å². The van der Waals surface area contributed by atoms with Crippen molar-refractivity contribution in [3.8, 4) is 0 Å². The van der Waals surface area contributed by atoms with Crippen molar-refractivity contribution in [2.45, 2.75) is 64.0 Å². The number of carbonyl (C=O) groups excluding carboxylic acids is 1. The molecule has 0 radical (unpaired) electrons. The quantitative estimate of drug-likeness (QED) is 0.804. The molecule has 0 spiro atoms. The van der Waals surface area contributed by atoms with Crippen LogP contribution in [0.2, 0.25) is 0 Å². The van der Waals surface area contributed by atoms with Crippen LogP contribution in [-0.2, 0) is 21.2 Å². The fourth-order valence-electron chi connectivity index (χ4n) is 4.23. The Morgan fingerprint density at radius 3 is 2.67 bits per heavy atom. The second-order valence-electron chi connectivity index (χ2n) is 8.05. The van der Waals surface area contributed by atoms with Crippen LogP contribution in [0.15, 0.2) is 24.3 Å². The van der Waals surface area contributed by atoms with Crippen molar-refractivity contribution in [3.05, 3.63) is 35.6 Å². The molecule has 2 fully saturated rings. The standard InChI is InChI=1S/C20H29FN2O3S/c1-15-7-9-18(10-8-15)22-27(25,26)14-20(24)23-11-3-6-19(23)13-16-4-2-5-17(21)12-16/h2,4-5,12,15,18-19,22H,3,6-11,13-14H2,1H3. The van der Waals surface area contributed by atoms with E-state index in [9.17, 15) is 17.6 Å². The van der Waals surface area contributed by atoms with E-state index in [0.29, 0.717) is 18.9 Å². The molecule has 1 heterocycles. The summed E-state index contributed by atoms with van der Waals surface area (Å²) in [6.45, 7) is 2.75. The van der Waals surface area contributed by atoms with Crippen LogP contribution in [0.3, 0.4) is 0 Å². The highest BCUT2D eigenvalue weighted by Crippen LogP contribution is 2.25. The van der Waals surface area contributed by atoms with E-state index in [1.54, 1.807) is 11.0 Å². The Morgan fingerprint density at radius 1 is 1.22 bits per heavy atom. The Hall–Kier alpha value is -1.47. The SMILES string of the molecule is CC1CCC(NS(=O)(=O)CC(=O)N2CCCC2Cc2cccc(F)c2)CC1. The molecule has 3 rings (SSSR count). The van der Waals surface area contributed by atoms with Gasteiger partial charge in [0.2, 0.25) is 15.9 Å². The van der Waals surface area contributed by atoms with Crippen LogP contribution < -0.4 is 4.72 Å². The van der Waals surface area contributed by atoms with Gasteiger partial charge in [-0.1, -0.05) is 19.1 Å². The number of nitrogens with one attached hydrogen (secondary N) is 1. The zero-order chi connectivity index (χ0) is 19.4. The maximum Gasteiger partial charge on any atom is 0.239 e. The first-order valence-electron chi connectivity index (χ1n) is 9.86. The van der Waals surface area contributed by atoms with Crippen LogP contribution >= 0.6 is 0 Å². The van der Waals surface area contributed by atoms with Gasteiger partial charge in [-0.05, 0) is 68.6 Å². The largest absolute Gasteiger partial charge is 0.338 e. The van der Waals surface area contributed by atoms with Gasteiger partial charge in [0.1, 0.15) is 11.6 Å². The Morgan fingerprint density at radius 2 is 1.96 bits per heavy atom. The number of nitrogens with zero attached hydrogens (tertiary/aromatic N) is 1. The first-order chi connectivity index (χ1) is 12.8. The van der Waals surface area contributed by atoms with Crippen LogP contribution in [0.5, 0.6) is 0 Å². The van der Waals surface area contributed by atoms with Crippen molar-refractivity contribution >= 4 is 15.9 Å². The first kappa shape index (κ1) is 20.3. The maximum atomic E-state index is 13.4. The highest BCUT2D eigenvalue weighted by molar-refractivity contribution is 7.90. The molecule has 1 saturated carbocycles. The third kappa shape index (κ3) is 5.75. The molecular weight excluding hydrogens is 367 g/mol. The molecule has 1 unspecified atom stereocenters. The molecule has 1 aromatic carbocycles. The van der Waals surface area contributed by atoms with Crippen LogP contribution in [0.4, 0.5) is 4.39 Å². The van der Waals surface area contributed by atoms with Gasteiger partial charge in [-0.25, -0.2) is 17.5 Å². The molecule has 150 valence electrons. The number of likely N-dealkylation sites (tertiary alicyclic amines) is 1. The molecule has 1 saturated heterocycles. The molecule has 1 aliphatic carbocycles. The van der Waals surface area contributed by atoms with Crippen molar-refractivity contribution < 1.29 is 17.6 Å². The normalized spacial score (nSPS) is 26.3. The van der Waals surface area contributed by atoms with E-state index in [4.69, 9.17) is 0 Å². The fourth-order valence-corrected chi connectivity index (χ4v) is 5.55. The van der Waals surface area contributed by atoms with Crippen molar-refractivity contribution in [3.63, 3.8) is 0 Å². The molecule has 1 amide bonds. The monoisotopic (exact) mass is 396 g/mol. The highest BCUT2D eigenvalue weighted by atomic mass is 32.2. The van der Waals surface area contributed by atoms with E-state index in [0.717, 1.165) is 44.1 Å². The molecule has 5 nitrogen and oxygen atoms in total. The summed E-state index contributed by atoms with van der Waals surface area (Å²) in [4.78, 5) is 14.3. The molecule has 0 bridgehead atoms. The fraction of sp³-hybridized carbons (Fsp3) is 0.650. The number of carbonyl (C=O) groups is 1. The van der Waals surface area contributed by atoms with Gasteiger partial charge < -0.3 is 4.90 Å². The number of hydrogen-bond acceptors (Lipinski definition) is 3.